The Morgan fingerprint density at radius 2 is 2.10 bits per heavy atom. The number of hydrogen-bond donors (Lipinski definition) is 2. The molecule has 3 N–H and O–H groups in total. The highest BCUT2D eigenvalue weighted by Gasteiger charge is 2.11. The maximum absolute atomic E-state index is 13.7. The van der Waals surface area contributed by atoms with E-state index in [9.17, 15) is 4.39 Å². The van der Waals surface area contributed by atoms with E-state index >= 15 is 0 Å². The van der Waals surface area contributed by atoms with Gasteiger partial charge in [0.2, 0.25) is 0 Å². The fourth-order valence-corrected chi connectivity index (χ4v) is 2.58. The molecule has 0 atom stereocenters. The van der Waals surface area contributed by atoms with Gasteiger partial charge in [0, 0.05) is 18.7 Å². The first-order valence-corrected chi connectivity index (χ1v) is 7.88. The van der Waals surface area contributed by atoms with Gasteiger partial charge in [-0.15, -0.1) is 0 Å². The van der Waals surface area contributed by atoms with E-state index in [1.54, 1.807) is 6.07 Å². The summed E-state index contributed by atoms with van der Waals surface area (Å²) < 4.78 is 19.1. The maximum atomic E-state index is 13.7. The molecule has 0 amide bonds. The van der Waals surface area contributed by atoms with Gasteiger partial charge in [-0.1, -0.05) is 6.92 Å². The van der Waals surface area contributed by atoms with Gasteiger partial charge >= 0.3 is 0 Å². The van der Waals surface area contributed by atoms with Gasteiger partial charge in [0.15, 0.2) is 11.6 Å². The monoisotopic (exact) mass is 295 g/mol. The average molecular weight is 295 g/mol. The number of ether oxygens (including phenoxy) is 1. The third-order valence-corrected chi connectivity index (χ3v) is 3.73. The summed E-state index contributed by atoms with van der Waals surface area (Å²) in [5, 5.41) is 3.28. The van der Waals surface area contributed by atoms with Crippen molar-refractivity contribution in [3.63, 3.8) is 0 Å². The highest BCUT2D eigenvalue weighted by molar-refractivity contribution is 5.68. The van der Waals surface area contributed by atoms with Crippen molar-refractivity contribution in [3.05, 3.63) is 17.9 Å². The fraction of sp³-hybridized carbons (Fsp3) is 0.625. The van der Waals surface area contributed by atoms with E-state index in [1.165, 1.54) is 32.0 Å². The Labute approximate surface area is 126 Å². The second-order valence-corrected chi connectivity index (χ2v) is 5.55. The molecule has 118 valence electrons. The minimum atomic E-state index is -0.399. The second-order valence-electron chi connectivity index (χ2n) is 5.55. The molecule has 5 heteroatoms. The highest BCUT2D eigenvalue weighted by Crippen LogP contribution is 2.28. The Hall–Kier alpha value is -1.49. The number of nitrogens with zero attached hydrogens (tertiary/aromatic N) is 1. The maximum Gasteiger partial charge on any atom is 0.167 e. The molecule has 0 bridgehead atoms. The summed E-state index contributed by atoms with van der Waals surface area (Å²) in [6.07, 6.45) is 4.54. The van der Waals surface area contributed by atoms with Gasteiger partial charge in [-0.05, 0) is 45.3 Å². The molecule has 0 radical (unpaired) electrons. The number of rotatable bonds is 8. The molecule has 0 aliphatic carbocycles. The molecular weight excluding hydrogens is 269 g/mol. The summed E-state index contributed by atoms with van der Waals surface area (Å²) >= 11 is 0. The van der Waals surface area contributed by atoms with E-state index in [4.69, 9.17) is 10.5 Å². The van der Waals surface area contributed by atoms with Crippen molar-refractivity contribution in [2.24, 2.45) is 0 Å². The third kappa shape index (κ3) is 4.77. The van der Waals surface area contributed by atoms with Crippen LogP contribution in [0.3, 0.4) is 0 Å². The molecule has 0 aromatic heterocycles. The van der Waals surface area contributed by atoms with E-state index in [1.807, 2.05) is 6.92 Å². The molecule has 21 heavy (non-hydrogen) atoms. The smallest absolute Gasteiger partial charge is 0.167 e. The van der Waals surface area contributed by atoms with Gasteiger partial charge in [0.1, 0.15) is 0 Å². The van der Waals surface area contributed by atoms with Crippen molar-refractivity contribution in [3.8, 4) is 5.75 Å². The van der Waals surface area contributed by atoms with Gasteiger partial charge in [-0.25, -0.2) is 4.39 Å². The molecule has 1 aromatic rings. The first-order valence-electron chi connectivity index (χ1n) is 7.88. The van der Waals surface area contributed by atoms with Gasteiger partial charge in [-0.2, -0.15) is 0 Å². The van der Waals surface area contributed by atoms with Crippen molar-refractivity contribution >= 4 is 11.4 Å². The van der Waals surface area contributed by atoms with Crippen LogP contribution in [0.1, 0.15) is 32.6 Å². The van der Waals surface area contributed by atoms with Crippen molar-refractivity contribution < 1.29 is 9.13 Å². The third-order valence-electron chi connectivity index (χ3n) is 3.73. The Balaban J connectivity index is 1.83. The molecule has 1 fully saturated rings. The number of anilines is 2. The summed E-state index contributed by atoms with van der Waals surface area (Å²) in [6, 6.07) is 2.99. The van der Waals surface area contributed by atoms with E-state index < -0.39 is 5.82 Å². The number of benzene rings is 1. The Morgan fingerprint density at radius 1 is 1.33 bits per heavy atom. The van der Waals surface area contributed by atoms with Crippen molar-refractivity contribution in [2.45, 2.75) is 32.6 Å². The van der Waals surface area contributed by atoms with E-state index in [0.717, 1.165) is 31.6 Å². The summed E-state index contributed by atoms with van der Waals surface area (Å²) in [4.78, 5) is 2.48. The molecule has 1 aliphatic heterocycles. The standard InChI is InChI=1S/C16H26FN3O/c1-2-10-21-16-12-15(14(18)11-13(16)17)19-6-5-9-20-7-3-4-8-20/h11-12,19H,2-10,18H2,1H3. The number of halogens is 1. The Kier molecular flexibility index (Phi) is 6.11. The van der Waals surface area contributed by atoms with Crippen molar-refractivity contribution in [1.29, 1.82) is 0 Å². The lowest BCUT2D eigenvalue weighted by Gasteiger charge is -2.16. The molecule has 1 heterocycles. The minimum absolute atomic E-state index is 0.271. The van der Waals surface area contributed by atoms with Crippen LogP contribution in [0.25, 0.3) is 0 Å². The number of nitrogen functional groups attached to an aromatic ring is 1. The van der Waals surface area contributed by atoms with Crippen LogP contribution in [0, 0.1) is 5.82 Å². The van der Waals surface area contributed by atoms with E-state index in [0.29, 0.717) is 12.3 Å². The number of likely N-dealkylation sites (tertiary alicyclic amines) is 1. The minimum Gasteiger partial charge on any atom is -0.490 e. The lowest BCUT2D eigenvalue weighted by Crippen LogP contribution is -2.22. The van der Waals surface area contributed by atoms with Crippen LogP contribution in [-0.2, 0) is 0 Å². The molecule has 1 aromatic carbocycles. The summed E-state index contributed by atoms with van der Waals surface area (Å²) in [6.45, 7) is 6.87. The number of hydrogen-bond acceptors (Lipinski definition) is 4. The van der Waals surface area contributed by atoms with E-state index in [-0.39, 0.29) is 5.75 Å². The quantitative estimate of drug-likeness (QED) is 0.571. The molecule has 4 nitrogen and oxygen atoms in total. The summed E-state index contributed by atoms with van der Waals surface area (Å²) in [5.41, 5.74) is 7.04. The number of nitrogens with one attached hydrogen (secondary N) is 1. The highest BCUT2D eigenvalue weighted by atomic mass is 19.1. The molecule has 0 unspecified atom stereocenters. The Morgan fingerprint density at radius 3 is 2.81 bits per heavy atom. The summed E-state index contributed by atoms with van der Waals surface area (Å²) in [5.74, 6) is -0.128. The molecular formula is C16H26FN3O. The predicted molar refractivity (Wildman–Crippen MR) is 85.4 cm³/mol. The average Bonchev–Trinajstić information content (AvgIpc) is 2.97. The van der Waals surface area contributed by atoms with Crippen LogP contribution in [0.15, 0.2) is 12.1 Å². The van der Waals surface area contributed by atoms with Crippen LogP contribution < -0.4 is 15.8 Å². The first kappa shape index (κ1) is 15.9. The molecule has 0 saturated carbocycles. The first-order chi connectivity index (χ1) is 10.2. The zero-order valence-corrected chi connectivity index (χ0v) is 12.8. The number of nitrogens with two attached hydrogens (primary N) is 1. The van der Waals surface area contributed by atoms with Crippen LogP contribution in [0.5, 0.6) is 5.75 Å². The van der Waals surface area contributed by atoms with Gasteiger partial charge in [0.05, 0.1) is 18.0 Å². The normalized spacial score (nSPS) is 15.3. The van der Waals surface area contributed by atoms with Gasteiger partial charge < -0.3 is 20.7 Å². The summed E-state index contributed by atoms with van der Waals surface area (Å²) in [7, 11) is 0. The van der Waals surface area contributed by atoms with Crippen LogP contribution in [-0.4, -0.2) is 37.7 Å². The van der Waals surface area contributed by atoms with Crippen LogP contribution in [0.2, 0.25) is 0 Å². The van der Waals surface area contributed by atoms with E-state index in [2.05, 4.69) is 10.2 Å². The topological polar surface area (TPSA) is 50.5 Å². The van der Waals surface area contributed by atoms with Gasteiger partial charge in [-0.3, -0.25) is 0 Å². The SMILES string of the molecule is CCCOc1cc(NCCCN2CCCC2)c(N)cc1F. The van der Waals surface area contributed by atoms with Crippen LogP contribution >= 0.6 is 0 Å². The molecule has 1 saturated heterocycles. The largest absolute Gasteiger partial charge is 0.490 e. The Bertz CT molecular complexity index is 447. The molecule has 2 rings (SSSR count). The fourth-order valence-electron chi connectivity index (χ4n) is 2.58. The molecule has 0 spiro atoms. The predicted octanol–water partition coefficient (Wildman–Crippen LogP) is 3.09. The van der Waals surface area contributed by atoms with Crippen LogP contribution in [0.4, 0.5) is 15.8 Å². The second kappa shape index (κ2) is 8.08. The lowest BCUT2D eigenvalue weighted by atomic mass is 10.2. The zero-order chi connectivity index (χ0) is 15.1. The zero-order valence-electron chi connectivity index (χ0n) is 12.8. The van der Waals surface area contributed by atoms with Gasteiger partial charge in [0.25, 0.3) is 0 Å². The van der Waals surface area contributed by atoms with Crippen molar-refractivity contribution in [2.75, 3.05) is 43.8 Å². The lowest BCUT2D eigenvalue weighted by molar-refractivity contribution is 0.301. The van der Waals surface area contributed by atoms with Crippen molar-refractivity contribution in [1.82, 2.24) is 4.90 Å². The molecule has 1 aliphatic rings.